The molecule has 28 heavy (non-hydrogen) atoms. The van der Waals surface area contributed by atoms with Crippen LogP contribution in [-0.2, 0) is 20.9 Å². The van der Waals surface area contributed by atoms with E-state index in [-0.39, 0.29) is 29.7 Å². The molecular weight excluding hydrogens is 431 g/mol. The minimum atomic E-state index is -0.683. The van der Waals surface area contributed by atoms with Crippen LogP contribution in [0.5, 0.6) is 0 Å². The summed E-state index contributed by atoms with van der Waals surface area (Å²) < 4.78 is 10.9. The summed E-state index contributed by atoms with van der Waals surface area (Å²) >= 11 is 13.0. The van der Waals surface area contributed by atoms with Gasteiger partial charge in [-0.05, 0) is 17.5 Å². The lowest BCUT2D eigenvalue weighted by atomic mass is 10.4. The number of nitrogens with zero attached hydrogens (tertiary/aromatic N) is 3. The fourth-order valence-electron chi connectivity index (χ4n) is 2.04. The van der Waals surface area contributed by atoms with E-state index in [1.54, 1.807) is 12.1 Å². The monoisotopic (exact) mass is 442 g/mol. The van der Waals surface area contributed by atoms with E-state index in [9.17, 15) is 14.4 Å². The summed E-state index contributed by atoms with van der Waals surface area (Å²) in [5.74, 6) is -1.71. The SMILES string of the molecule is O=C(COC(=O)CCn1nc(-c2cccs2)oc1=O)Nc1ncc(Cl)cc1Cl. The molecule has 0 spiro atoms. The van der Waals surface area contributed by atoms with E-state index >= 15 is 0 Å². The number of aryl methyl sites for hydroxylation is 1. The van der Waals surface area contributed by atoms with E-state index in [0.29, 0.717) is 9.90 Å². The Morgan fingerprint density at radius 2 is 2.18 bits per heavy atom. The van der Waals surface area contributed by atoms with Crippen LogP contribution >= 0.6 is 34.5 Å². The third-order valence-corrected chi connectivity index (χ3v) is 4.65. The number of hydrogen-bond acceptors (Lipinski definition) is 8. The lowest BCUT2D eigenvalue weighted by molar-refractivity contribution is -0.147. The average Bonchev–Trinajstić information content (AvgIpc) is 3.30. The van der Waals surface area contributed by atoms with Gasteiger partial charge in [0, 0.05) is 6.20 Å². The first-order valence-electron chi connectivity index (χ1n) is 7.80. The van der Waals surface area contributed by atoms with Crippen LogP contribution in [0.3, 0.4) is 0 Å². The molecule has 0 radical (unpaired) electrons. The number of carbonyl (C=O) groups excluding carboxylic acids is 2. The summed E-state index contributed by atoms with van der Waals surface area (Å²) in [5, 5.41) is 8.71. The van der Waals surface area contributed by atoms with Crippen LogP contribution in [-0.4, -0.2) is 33.2 Å². The van der Waals surface area contributed by atoms with Gasteiger partial charge < -0.3 is 14.5 Å². The molecule has 0 atom stereocenters. The highest BCUT2D eigenvalue weighted by molar-refractivity contribution is 7.13. The van der Waals surface area contributed by atoms with Crippen molar-refractivity contribution in [1.82, 2.24) is 14.8 Å². The Kier molecular flexibility index (Phi) is 6.45. The quantitative estimate of drug-likeness (QED) is 0.558. The molecule has 0 unspecified atom stereocenters. The van der Waals surface area contributed by atoms with Crippen LogP contribution in [0.15, 0.2) is 39.0 Å². The van der Waals surface area contributed by atoms with E-state index in [2.05, 4.69) is 15.4 Å². The van der Waals surface area contributed by atoms with Crippen LogP contribution in [0.2, 0.25) is 10.0 Å². The fourth-order valence-corrected chi connectivity index (χ4v) is 3.11. The van der Waals surface area contributed by atoms with E-state index in [1.807, 2.05) is 5.38 Å². The molecule has 0 saturated heterocycles. The number of hydrogen-bond donors (Lipinski definition) is 1. The van der Waals surface area contributed by atoms with Gasteiger partial charge in [-0.2, -0.15) is 4.68 Å². The van der Waals surface area contributed by atoms with Crippen LogP contribution < -0.4 is 11.1 Å². The van der Waals surface area contributed by atoms with E-state index in [0.717, 1.165) is 4.68 Å². The first kappa shape index (κ1) is 20.1. The van der Waals surface area contributed by atoms with E-state index in [1.165, 1.54) is 23.6 Å². The third kappa shape index (κ3) is 5.18. The number of pyridine rings is 1. The van der Waals surface area contributed by atoms with Gasteiger partial charge in [-0.25, -0.2) is 9.78 Å². The summed E-state index contributed by atoms with van der Waals surface area (Å²) in [6.07, 6.45) is 1.15. The lowest BCUT2D eigenvalue weighted by Crippen LogP contribution is -2.23. The molecule has 146 valence electrons. The molecule has 3 aromatic rings. The molecule has 12 heteroatoms. The Bertz CT molecular complexity index is 1050. The van der Waals surface area contributed by atoms with Gasteiger partial charge in [0.05, 0.1) is 27.9 Å². The van der Waals surface area contributed by atoms with Crippen molar-refractivity contribution in [3.05, 3.63) is 50.4 Å². The number of esters is 1. The standard InChI is InChI=1S/C16H12Cl2N4O5S/c17-9-6-10(18)14(19-7-9)20-12(23)8-26-13(24)3-4-22-16(25)27-15(21-22)11-2-1-5-28-11/h1-2,5-7H,3-4,8H2,(H,19,20,23). The van der Waals surface area contributed by atoms with Crippen LogP contribution in [0.4, 0.5) is 5.82 Å². The minimum Gasteiger partial charge on any atom is -0.456 e. The largest absolute Gasteiger partial charge is 0.456 e. The zero-order valence-electron chi connectivity index (χ0n) is 14.1. The smallest absolute Gasteiger partial charge is 0.437 e. The molecule has 3 aromatic heterocycles. The molecule has 0 fully saturated rings. The topological polar surface area (TPSA) is 116 Å². The van der Waals surface area contributed by atoms with E-state index in [4.69, 9.17) is 32.4 Å². The van der Waals surface area contributed by atoms with Crippen molar-refractivity contribution < 1.29 is 18.7 Å². The second-order valence-electron chi connectivity index (χ2n) is 5.32. The number of thiophene rings is 1. The summed E-state index contributed by atoms with van der Waals surface area (Å²) in [5.41, 5.74) is 0. The molecular formula is C16H12Cl2N4O5S. The van der Waals surface area contributed by atoms with Crippen molar-refractivity contribution in [3.63, 3.8) is 0 Å². The summed E-state index contributed by atoms with van der Waals surface area (Å²) in [6, 6.07) is 4.97. The van der Waals surface area contributed by atoms with Crippen LogP contribution in [0, 0.1) is 0 Å². The Morgan fingerprint density at radius 1 is 1.36 bits per heavy atom. The Hall–Kier alpha value is -2.69. The van der Waals surface area contributed by atoms with Gasteiger partial charge in [-0.1, -0.05) is 29.3 Å². The summed E-state index contributed by atoms with van der Waals surface area (Å²) in [4.78, 5) is 39.9. The molecule has 0 aromatic carbocycles. The highest BCUT2D eigenvalue weighted by Crippen LogP contribution is 2.22. The van der Waals surface area contributed by atoms with Crippen molar-refractivity contribution in [3.8, 4) is 10.8 Å². The van der Waals surface area contributed by atoms with Crippen LogP contribution in [0.1, 0.15) is 6.42 Å². The highest BCUT2D eigenvalue weighted by atomic mass is 35.5. The van der Waals surface area contributed by atoms with E-state index < -0.39 is 24.2 Å². The first-order valence-corrected chi connectivity index (χ1v) is 9.44. The molecule has 0 saturated carbocycles. The van der Waals surface area contributed by atoms with Gasteiger partial charge >= 0.3 is 11.7 Å². The summed E-state index contributed by atoms with van der Waals surface area (Å²) in [7, 11) is 0. The average molecular weight is 443 g/mol. The molecule has 0 aliphatic heterocycles. The number of halogens is 2. The predicted molar refractivity (Wildman–Crippen MR) is 103 cm³/mol. The maximum Gasteiger partial charge on any atom is 0.437 e. The summed E-state index contributed by atoms with van der Waals surface area (Å²) in [6.45, 7) is -0.577. The van der Waals surface area contributed by atoms with Gasteiger partial charge in [-0.3, -0.25) is 9.59 Å². The molecule has 1 amide bonds. The molecule has 3 heterocycles. The molecule has 0 bridgehead atoms. The van der Waals surface area contributed by atoms with Gasteiger partial charge in [0.25, 0.3) is 11.8 Å². The highest BCUT2D eigenvalue weighted by Gasteiger charge is 2.14. The van der Waals surface area contributed by atoms with Gasteiger partial charge in [-0.15, -0.1) is 16.4 Å². The van der Waals surface area contributed by atoms with Crippen molar-refractivity contribution in [1.29, 1.82) is 0 Å². The van der Waals surface area contributed by atoms with Crippen molar-refractivity contribution in [2.45, 2.75) is 13.0 Å². The lowest BCUT2D eigenvalue weighted by Gasteiger charge is -2.07. The molecule has 0 aliphatic carbocycles. The second kappa shape index (κ2) is 9.00. The number of carbonyl (C=O) groups is 2. The Balaban J connectivity index is 1.47. The fraction of sp³-hybridized carbons (Fsp3) is 0.188. The van der Waals surface area contributed by atoms with Crippen molar-refractivity contribution in [2.24, 2.45) is 0 Å². The molecule has 9 nitrogen and oxygen atoms in total. The van der Waals surface area contributed by atoms with Crippen molar-refractivity contribution in [2.75, 3.05) is 11.9 Å². The normalized spacial score (nSPS) is 10.6. The predicted octanol–water partition coefficient (Wildman–Crippen LogP) is 2.84. The van der Waals surface area contributed by atoms with Gasteiger partial charge in [0.15, 0.2) is 12.4 Å². The zero-order valence-corrected chi connectivity index (χ0v) is 16.4. The van der Waals surface area contributed by atoms with Crippen LogP contribution in [0.25, 0.3) is 10.8 Å². The maximum atomic E-state index is 11.8. The number of nitrogens with one attached hydrogen (secondary N) is 1. The molecule has 0 aliphatic rings. The van der Waals surface area contributed by atoms with Gasteiger partial charge in [0.2, 0.25) is 0 Å². The second-order valence-corrected chi connectivity index (χ2v) is 7.11. The first-order chi connectivity index (χ1) is 13.4. The Morgan fingerprint density at radius 3 is 2.89 bits per heavy atom. The van der Waals surface area contributed by atoms with Gasteiger partial charge in [0.1, 0.15) is 0 Å². The minimum absolute atomic E-state index is 0.0429. The Labute approximate surface area is 171 Å². The number of rotatable bonds is 7. The molecule has 3 rings (SSSR count). The number of anilines is 1. The zero-order chi connectivity index (χ0) is 20.1. The molecule has 1 N–H and O–H groups in total. The maximum absolute atomic E-state index is 11.8. The number of ether oxygens (including phenoxy) is 1. The van der Waals surface area contributed by atoms with Crippen molar-refractivity contribution >= 4 is 52.2 Å². The number of aromatic nitrogens is 3. The number of amides is 1. The third-order valence-electron chi connectivity index (χ3n) is 3.30.